The monoisotopic (exact) mass is 366 g/mol. The average molecular weight is 367 g/mol. The Morgan fingerprint density at radius 2 is 2.00 bits per heavy atom. The van der Waals surface area contributed by atoms with Crippen molar-refractivity contribution in [3.05, 3.63) is 29.8 Å². The van der Waals surface area contributed by atoms with Crippen LogP contribution in [0.1, 0.15) is 38.7 Å². The highest BCUT2D eigenvalue weighted by molar-refractivity contribution is 7.89. The molecule has 6 heteroatoms. The van der Waals surface area contributed by atoms with Crippen LogP contribution in [-0.2, 0) is 16.6 Å². The second-order valence-corrected chi connectivity index (χ2v) is 10.1. The Labute approximate surface area is 151 Å². The van der Waals surface area contributed by atoms with E-state index in [1.54, 1.807) is 12.1 Å². The van der Waals surface area contributed by atoms with Gasteiger partial charge in [0.2, 0.25) is 10.0 Å². The van der Waals surface area contributed by atoms with Crippen molar-refractivity contribution in [2.45, 2.75) is 50.6 Å². The molecule has 2 N–H and O–H groups in total. The van der Waals surface area contributed by atoms with Crippen LogP contribution in [0.4, 0.5) is 0 Å². The van der Waals surface area contributed by atoms with E-state index in [-0.39, 0.29) is 18.6 Å². The molecule has 3 rings (SSSR count). The average Bonchev–Trinajstić information content (AvgIpc) is 3.02. The first-order valence-corrected chi connectivity index (χ1v) is 10.6. The maximum atomic E-state index is 12.8. The van der Waals surface area contributed by atoms with E-state index in [4.69, 9.17) is 5.11 Å². The van der Waals surface area contributed by atoms with Gasteiger partial charge in [0.15, 0.2) is 0 Å². The fourth-order valence-corrected chi connectivity index (χ4v) is 6.32. The molecule has 0 spiro atoms. The molecule has 2 fully saturated rings. The van der Waals surface area contributed by atoms with Gasteiger partial charge >= 0.3 is 0 Å². The van der Waals surface area contributed by atoms with Gasteiger partial charge in [0.05, 0.1) is 11.5 Å². The minimum atomic E-state index is -3.58. The number of hydrogen-bond donors (Lipinski definition) is 2. The van der Waals surface area contributed by atoms with E-state index in [9.17, 15) is 8.42 Å². The Kier molecular flexibility index (Phi) is 5.26. The van der Waals surface area contributed by atoms with Crippen LogP contribution in [-0.4, -0.2) is 44.1 Å². The Morgan fingerprint density at radius 3 is 2.72 bits per heavy atom. The van der Waals surface area contributed by atoms with E-state index in [1.165, 1.54) is 30.6 Å². The zero-order chi connectivity index (χ0) is 18.2. The molecule has 2 aliphatic rings. The van der Waals surface area contributed by atoms with Crippen LogP contribution >= 0.6 is 0 Å². The van der Waals surface area contributed by atoms with E-state index in [0.717, 1.165) is 17.4 Å². The molecule has 0 heterocycles. The molecule has 0 saturated heterocycles. The molecular weight excluding hydrogens is 336 g/mol. The fourth-order valence-electron chi connectivity index (χ4n) is 4.94. The van der Waals surface area contributed by atoms with Crippen molar-refractivity contribution in [3.8, 4) is 0 Å². The summed E-state index contributed by atoms with van der Waals surface area (Å²) in [6.07, 6.45) is 3.92. The maximum Gasteiger partial charge on any atom is 0.243 e. The first kappa shape index (κ1) is 18.8. The SMILES string of the molecule is CN(CCO)S(=O)(=O)c1ccccc1CNC1[C@@H]2CCC[C@@H]2C1(C)C. The second-order valence-electron chi connectivity index (χ2n) is 8.04. The lowest BCUT2D eigenvalue weighted by molar-refractivity contribution is -0.0415. The topological polar surface area (TPSA) is 69.6 Å². The molecule has 0 bridgehead atoms. The minimum Gasteiger partial charge on any atom is -0.395 e. The highest BCUT2D eigenvalue weighted by Gasteiger charge is 2.57. The summed E-state index contributed by atoms with van der Waals surface area (Å²) < 4.78 is 26.8. The number of nitrogens with zero attached hydrogens (tertiary/aromatic N) is 1. The third-order valence-electron chi connectivity index (χ3n) is 6.34. The molecule has 140 valence electrons. The molecule has 5 nitrogen and oxygen atoms in total. The zero-order valence-corrected chi connectivity index (χ0v) is 16.2. The number of sulfonamides is 1. The molecule has 2 saturated carbocycles. The molecule has 0 aromatic heterocycles. The second kappa shape index (κ2) is 6.99. The third-order valence-corrected chi connectivity index (χ3v) is 8.30. The first-order chi connectivity index (χ1) is 11.8. The molecule has 3 atom stereocenters. The fraction of sp³-hybridized carbons (Fsp3) is 0.684. The number of rotatable bonds is 7. The summed E-state index contributed by atoms with van der Waals surface area (Å²) in [7, 11) is -2.07. The van der Waals surface area contributed by atoms with E-state index in [0.29, 0.717) is 17.5 Å². The van der Waals surface area contributed by atoms with Crippen LogP contribution in [0, 0.1) is 17.3 Å². The van der Waals surface area contributed by atoms with Crippen LogP contribution in [0.2, 0.25) is 0 Å². The predicted octanol–water partition coefficient (Wildman–Crippen LogP) is 2.21. The number of aliphatic hydroxyl groups is 1. The van der Waals surface area contributed by atoms with Gasteiger partial charge in [-0.3, -0.25) is 0 Å². The highest BCUT2D eigenvalue weighted by Crippen LogP contribution is 2.58. The Bertz CT molecular complexity index is 717. The van der Waals surface area contributed by atoms with Gasteiger partial charge < -0.3 is 10.4 Å². The Balaban J connectivity index is 1.76. The molecule has 1 aromatic carbocycles. The summed E-state index contributed by atoms with van der Waals surface area (Å²) in [5, 5.41) is 12.7. The highest BCUT2D eigenvalue weighted by atomic mass is 32.2. The largest absolute Gasteiger partial charge is 0.395 e. The number of nitrogens with one attached hydrogen (secondary N) is 1. The summed E-state index contributed by atoms with van der Waals surface area (Å²) in [6, 6.07) is 7.62. The van der Waals surface area contributed by atoms with Crippen molar-refractivity contribution in [2.24, 2.45) is 17.3 Å². The molecular formula is C19H30N2O3S. The predicted molar refractivity (Wildman–Crippen MR) is 98.6 cm³/mol. The van der Waals surface area contributed by atoms with Gasteiger partial charge in [-0.25, -0.2) is 8.42 Å². The number of aliphatic hydroxyl groups excluding tert-OH is 1. The van der Waals surface area contributed by atoms with Crippen molar-refractivity contribution in [1.82, 2.24) is 9.62 Å². The van der Waals surface area contributed by atoms with Crippen molar-refractivity contribution in [1.29, 1.82) is 0 Å². The summed E-state index contributed by atoms with van der Waals surface area (Å²) in [6.45, 7) is 5.13. The zero-order valence-electron chi connectivity index (χ0n) is 15.4. The molecule has 0 aliphatic heterocycles. The normalized spacial score (nSPS) is 28.0. The summed E-state index contributed by atoms with van der Waals surface area (Å²) in [4.78, 5) is 0.332. The molecule has 1 unspecified atom stereocenters. The van der Waals surface area contributed by atoms with Gasteiger partial charge in [0, 0.05) is 26.2 Å². The molecule has 25 heavy (non-hydrogen) atoms. The van der Waals surface area contributed by atoms with Gasteiger partial charge in [0.25, 0.3) is 0 Å². The van der Waals surface area contributed by atoms with E-state index in [2.05, 4.69) is 19.2 Å². The number of likely N-dealkylation sites (N-methyl/N-ethyl adjacent to an activating group) is 1. The molecule has 2 aliphatic carbocycles. The molecule has 0 radical (unpaired) electrons. The lowest BCUT2D eigenvalue weighted by Crippen LogP contribution is -2.61. The number of fused-ring (bicyclic) bond motifs is 1. The standard InChI is InChI=1S/C19H30N2O3S/c1-19(2)16-9-6-8-15(16)18(19)20-13-14-7-4-5-10-17(14)25(23,24)21(3)11-12-22/h4-5,7,10,15-16,18,20,22H,6,8-9,11-13H2,1-3H3/t15-,16+,18?/m1/s1. The van der Waals surface area contributed by atoms with Gasteiger partial charge in [-0.1, -0.05) is 38.5 Å². The molecule has 0 amide bonds. The minimum absolute atomic E-state index is 0.101. The lowest BCUT2D eigenvalue weighted by atomic mass is 9.53. The van der Waals surface area contributed by atoms with Crippen molar-refractivity contribution >= 4 is 10.0 Å². The summed E-state index contributed by atoms with van der Waals surface area (Å²) in [5.41, 5.74) is 1.08. The Hall–Kier alpha value is -0.950. The summed E-state index contributed by atoms with van der Waals surface area (Å²) in [5.74, 6) is 1.54. The van der Waals surface area contributed by atoms with Crippen molar-refractivity contribution in [2.75, 3.05) is 20.2 Å². The number of benzene rings is 1. The number of hydrogen-bond acceptors (Lipinski definition) is 4. The summed E-state index contributed by atoms with van der Waals surface area (Å²) >= 11 is 0. The lowest BCUT2D eigenvalue weighted by Gasteiger charge is -2.56. The van der Waals surface area contributed by atoms with Crippen LogP contribution in [0.15, 0.2) is 29.2 Å². The van der Waals surface area contributed by atoms with Crippen LogP contribution in [0.25, 0.3) is 0 Å². The molecule has 1 aromatic rings. The van der Waals surface area contributed by atoms with Crippen molar-refractivity contribution in [3.63, 3.8) is 0 Å². The van der Waals surface area contributed by atoms with E-state index in [1.807, 2.05) is 12.1 Å². The van der Waals surface area contributed by atoms with Crippen LogP contribution < -0.4 is 5.32 Å². The van der Waals surface area contributed by atoms with Gasteiger partial charge in [-0.15, -0.1) is 0 Å². The van der Waals surface area contributed by atoms with E-state index >= 15 is 0 Å². The first-order valence-electron chi connectivity index (χ1n) is 9.18. The van der Waals surface area contributed by atoms with E-state index < -0.39 is 10.0 Å². The third kappa shape index (κ3) is 3.25. The van der Waals surface area contributed by atoms with Gasteiger partial charge in [0.1, 0.15) is 0 Å². The van der Waals surface area contributed by atoms with Crippen LogP contribution in [0.3, 0.4) is 0 Å². The van der Waals surface area contributed by atoms with Crippen LogP contribution in [0.5, 0.6) is 0 Å². The quantitative estimate of drug-likeness (QED) is 0.776. The smallest absolute Gasteiger partial charge is 0.243 e. The Morgan fingerprint density at radius 1 is 1.28 bits per heavy atom. The van der Waals surface area contributed by atoms with Gasteiger partial charge in [-0.2, -0.15) is 4.31 Å². The van der Waals surface area contributed by atoms with Gasteiger partial charge in [-0.05, 0) is 41.7 Å². The maximum absolute atomic E-state index is 12.8. The van der Waals surface area contributed by atoms with Crippen molar-refractivity contribution < 1.29 is 13.5 Å².